The Morgan fingerprint density at radius 1 is 1.30 bits per heavy atom. The Morgan fingerprint density at radius 2 is 2.04 bits per heavy atom. The van der Waals surface area contributed by atoms with Gasteiger partial charge in [-0.2, -0.15) is 0 Å². The van der Waals surface area contributed by atoms with Crippen LogP contribution in [0, 0.1) is 12.7 Å². The summed E-state index contributed by atoms with van der Waals surface area (Å²) >= 11 is 7.05. The number of rotatable bonds is 5. The minimum Gasteiger partial charge on any atom is -0.295 e. The number of nitrogens with one attached hydrogen (secondary N) is 1. The largest absolute Gasteiger partial charge is 0.295 e. The van der Waals surface area contributed by atoms with E-state index < -0.39 is 32.5 Å². The first-order valence-corrected chi connectivity index (χ1v) is 10.2. The molecule has 8 nitrogen and oxygen atoms in total. The molecule has 0 bridgehead atoms. The van der Waals surface area contributed by atoms with E-state index in [9.17, 15) is 17.6 Å². The third-order valence-electron chi connectivity index (χ3n) is 3.27. The molecule has 0 unspecified atom stereocenters. The second-order valence-electron chi connectivity index (χ2n) is 5.28. The van der Waals surface area contributed by atoms with Gasteiger partial charge in [-0.25, -0.2) is 22.8 Å². The van der Waals surface area contributed by atoms with Crippen LogP contribution < -0.4 is 5.32 Å². The van der Waals surface area contributed by atoms with E-state index >= 15 is 0 Å². The molecule has 0 saturated carbocycles. The van der Waals surface area contributed by atoms with E-state index in [-0.39, 0.29) is 21.4 Å². The molecule has 1 amide bonds. The molecule has 2 aromatic heterocycles. The van der Waals surface area contributed by atoms with Gasteiger partial charge in [0.05, 0.1) is 17.0 Å². The summed E-state index contributed by atoms with van der Waals surface area (Å²) in [6, 6.07) is 5.45. The molecule has 3 rings (SSSR count). The van der Waals surface area contributed by atoms with Gasteiger partial charge in [0.2, 0.25) is 20.1 Å². The molecule has 3 aromatic rings. The van der Waals surface area contributed by atoms with Gasteiger partial charge in [-0.05, 0) is 13.0 Å². The van der Waals surface area contributed by atoms with Crippen molar-refractivity contribution in [3.63, 3.8) is 0 Å². The Hall–Kier alpha value is -2.50. The van der Waals surface area contributed by atoms with Crippen molar-refractivity contribution in [3.05, 3.63) is 57.6 Å². The third-order valence-corrected chi connectivity index (χ3v) is 5.74. The van der Waals surface area contributed by atoms with Gasteiger partial charge < -0.3 is 0 Å². The molecule has 0 atom stereocenters. The normalized spacial score (nSPS) is 11.4. The molecular formula is C15H11ClFN5O3S2. The number of aromatic nitrogens is 4. The zero-order valence-electron chi connectivity index (χ0n) is 13.7. The number of benzene rings is 1. The fourth-order valence-corrected chi connectivity index (χ4v) is 4.03. The number of amides is 1. The molecule has 0 aliphatic rings. The Balaban J connectivity index is 1.90. The van der Waals surface area contributed by atoms with E-state index in [0.29, 0.717) is 5.01 Å². The Bertz CT molecular complexity index is 1120. The lowest BCUT2D eigenvalue weighted by molar-refractivity contribution is 0.102. The predicted molar refractivity (Wildman–Crippen MR) is 96.9 cm³/mol. The summed E-state index contributed by atoms with van der Waals surface area (Å²) in [6.07, 6.45) is 1.00. The van der Waals surface area contributed by atoms with Gasteiger partial charge in [0.1, 0.15) is 10.8 Å². The van der Waals surface area contributed by atoms with E-state index in [1.165, 1.54) is 18.2 Å². The molecule has 12 heteroatoms. The van der Waals surface area contributed by atoms with Crippen LogP contribution in [0.15, 0.2) is 35.6 Å². The number of nitrogens with zero attached hydrogens (tertiary/aromatic N) is 4. The summed E-state index contributed by atoms with van der Waals surface area (Å²) in [5.74, 6) is -2.08. The molecule has 0 aliphatic carbocycles. The second kappa shape index (κ2) is 7.62. The zero-order valence-corrected chi connectivity index (χ0v) is 16.1. The monoisotopic (exact) mass is 427 g/mol. The van der Waals surface area contributed by atoms with Crippen molar-refractivity contribution in [2.75, 3.05) is 5.32 Å². The van der Waals surface area contributed by atoms with Crippen LogP contribution in [0.5, 0.6) is 0 Å². The molecule has 0 fully saturated rings. The molecule has 1 N–H and O–H groups in total. The number of hydrogen-bond acceptors (Lipinski definition) is 8. The molecular weight excluding hydrogens is 417 g/mol. The summed E-state index contributed by atoms with van der Waals surface area (Å²) in [5.41, 5.74) is -0.377. The molecule has 0 spiro atoms. The van der Waals surface area contributed by atoms with E-state index in [4.69, 9.17) is 11.6 Å². The van der Waals surface area contributed by atoms with Crippen LogP contribution in [0.2, 0.25) is 5.02 Å². The maximum atomic E-state index is 13.7. The lowest BCUT2D eigenvalue weighted by atomic mass is 10.2. The number of halogens is 2. The summed E-state index contributed by atoms with van der Waals surface area (Å²) in [6.45, 7) is 1.71. The van der Waals surface area contributed by atoms with E-state index in [0.717, 1.165) is 23.6 Å². The summed E-state index contributed by atoms with van der Waals surface area (Å²) in [4.78, 5) is 19.8. The van der Waals surface area contributed by atoms with Crippen LogP contribution in [-0.2, 0) is 15.6 Å². The highest BCUT2D eigenvalue weighted by molar-refractivity contribution is 7.90. The molecule has 2 heterocycles. The fourth-order valence-electron chi connectivity index (χ4n) is 2.05. The SMILES string of the molecule is Cc1nnc(NC(=O)c2nc(S(=O)(=O)Cc3ccccc3F)ncc2Cl)s1. The van der Waals surface area contributed by atoms with Gasteiger partial charge in [-0.3, -0.25) is 10.1 Å². The van der Waals surface area contributed by atoms with Gasteiger partial charge in [0.25, 0.3) is 5.91 Å². The first-order chi connectivity index (χ1) is 12.8. The zero-order chi connectivity index (χ0) is 19.6. The summed E-state index contributed by atoms with van der Waals surface area (Å²) < 4.78 is 38.8. The number of aryl methyl sites for hydroxylation is 1. The van der Waals surface area contributed by atoms with Gasteiger partial charge in [0.15, 0.2) is 5.69 Å². The highest BCUT2D eigenvalue weighted by Crippen LogP contribution is 2.21. The van der Waals surface area contributed by atoms with Crippen molar-refractivity contribution in [1.29, 1.82) is 0 Å². The van der Waals surface area contributed by atoms with Crippen molar-refractivity contribution in [3.8, 4) is 0 Å². The predicted octanol–water partition coefficient (Wildman–Crippen LogP) is 2.66. The van der Waals surface area contributed by atoms with E-state index in [2.05, 4.69) is 25.5 Å². The topological polar surface area (TPSA) is 115 Å². The minimum atomic E-state index is -4.10. The Kier molecular flexibility index (Phi) is 5.44. The summed E-state index contributed by atoms with van der Waals surface area (Å²) in [7, 11) is -4.10. The van der Waals surface area contributed by atoms with Crippen LogP contribution >= 0.6 is 22.9 Å². The average molecular weight is 428 g/mol. The van der Waals surface area contributed by atoms with Crippen molar-refractivity contribution in [2.45, 2.75) is 17.8 Å². The Morgan fingerprint density at radius 3 is 2.70 bits per heavy atom. The van der Waals surface area contributed by atoms with Crippen LogP contribution in [0.1, 0.15) is 21.1 Å². The molecule has 140 valence electrons. The third kappa shape index (κ3) is 4.43. The number of carbonyl (C=O) groups excluding carboxylic acids is 1. The van der Waals surface area contributed by atoms with Crippen molar-refractivity contribution in [2.24, 2.45) is 0 Å². The number of sulfone groups is 1. The second-order valence-corrected chi connectivity index (χ2v) is 8.75. The van der Waals surface area contributed by atoms with Crippen LogP contribution in [0.3, 0.4) is 0 Å². The lowest BCUT2D eigenvalue weighted by Crippen LogP contribution is -2.18. The van der Waals surface area contributed by atoms with Gasteiger partial charge in [-0.15, -0.1) is 10.2 Å². The van der Waals surface area contributed by atoms with E-state index in [1.807, 2.05) is 0 Å². The quantitative estimate of drug-likeness (QED) is 0.622. The number of carbonyl (C=O) groups is 1. The average Bonchev–Trinajstić information content (AvgIpc) is 3.01. The van der Waals surface area contributed by atoms with Gasteiger partial charge in [-0.1, -0.05) is 41.1 Å². The maximum absolute atomic E-state index is 13.7. The van der Waals surface area contributed by atoms with Crippen LogP contribution in [0.25, 0.3) is 0 Å². The van der Waals surface area contributed by atoms with Crippen molar-refractivity contribution < 1.29 is 17.6 Å². The van der Waals surface area contributed by atoms with Crippen LogP contribution in [-0.4, -0.2) is 34.5 Å². The molecule has 1 aromatic carbocycles. The highest BCUT2D eigenvalue weighted by Gasteiger charge is 2.24. The van der Waals surface area contributed by atoms with Crippen LogP contribution in [0.4, 0.5) is 9.52 Å². The molecule has 27 heavy (non-hydrogen) atoms. The molecule has 0 saturated heterocycles. The van der Waals surface area contributed by atoms with Crippen molar-refractivity contribution >= 4 is 43.8 Å². The fraction of sp³-hybridized carbons (Fsp3) is 0.133. The smallest absolute Gasteiger partial charge is 0.277 e. The minimum absolute atomic E-state index is 0.0358. The standard InChI is InChI=1S/C15H11ClFN5O3S2/c1-8-21-22-14(26-8)20-13(23)12-10(16)6-18-15(19-12)27(24,25)7-9-4-2-3-5-11(9)17/h2-6H,7H2,1H3,(H,20,22,23). The lowest BCUT2D eigenvalue weighted by Gasteiger charge is -2.07. The van der Waals surface area contributed by atoms with Gasteiger partial charge in [0, 0.05) is 5.56 Å². The maximum Gasteiger partial charge on any atom is 0.277 e. The number of anilines is 1. The summed E-state index contributed by atoms with van der Waals surface area (Å²) in [5, 5.41) is 10.00. The highest BCUT2D eigenvalue weighted by atomic mass is 35.5. The first kappa shape index (κ1) is 19.3. The van der Waals surface area contributed by atoms with E-state index in [1.54, 1.807) is 6.92 Å². The first-order valence-electron chi connectivity index (χ1n) is 7.36. The van der Waals surface area contributed by atoms with Crippen molar-refractivity contribution in [1.82, 2.24) is 20.2 Å². The Labute approximate surface area is 162 Å². The van der Waals surface area contributed by atoms with Gasteiger partial charge >= 0.3 is 0 Å². The number of hydrogen-bond donors (Lipinski definition) is 1. The molecule has 0 aliphatic heterocycles. The molecule has 0 radical (unpaired) electrons.